The Hall–Kier alpha value is -1.31. The summed E-state index contributed by atoms with van der Waals surface area (Å²) >= 11 is 0. The van der Waals surface area contributed by atoms with E-state index >= 15 is 0 Å². The highest BCUT2D eigenvalue weighted by Gasteiger charge is 2.08. The minimum absolute atomic E-state index is 0.788. The number of anilines is 1. The van der Waals surface area contributed by atoms with Crippen molar-refractivity contribution in [2.24, 2.45) is 5.92 Å². The fourth-order valence-corrected chi connectivity index (χ4v) is 1.96. The summed E-state index contributed by atoms with van der Waals surface area (Å²) in [7, 11) is 0. The summed E-state index contributed by atoms with van der Waals surface area (Å²) in [4.78, 5) is 4.17. The predicted octanol–water partition coefficient (Wildman–Crippen LogP) is 3.16. The molecule has 1 aromatic heterocycles. The molecule has 1 unspecified atom stereocenters. The van der Waals surface area contributed by atoms with E-state index in [9.17, 15) is 0 Å². The van der Waals surface area contributed by atoms with E-state index in [1.807, 2.05) is 12.4 Å². The Kier molecular flexibility index (Phi) is 3.38. The van der Waals surface area contributed by atoms with Gasteiger partial charge in [-0.2, -0.15) is 0 Å². The lowest BCUT2D eigenvalue weighted by molar-refractivity contribution is 0.504. The maximum absolute atomic E-state index is 4.17. The lowest BCUT2D eigenvalue weighted by Gasteiger charge is -2.18. The topological polar surface area (TPSA) is 24.9 Å². The molecule has 0 bridgehead atoms. The van der Waals surface area contributed by atoms with Gasteiger partial charge in [-0.1, -0.05) is 12.2 Å². The summed E-state index contributed by atoms with van der Waals surface area (Å²) in [5.41, 5.74) is 2.35. The van der Waals surface area contributed by atoms with E-state index in [1.165, 1.54) is 24.8 Å². The van der Waals surface area contributed by atoms with Gasteiger partial charge in [-0.3, -0.25) is 4.98 Å². The standard InChI is InChI=1S/C13H18N2/c1-11-7-13(10-14-8-11)15-9-12-5-3-2-4-6-12/h2-3,7-8,10,12,15H,4-6,9H2,1H3. The van der Waals surface area contributed by atoms with Crippen molar-refractivity contribution in [2.75, 3.05) is 11.9 Å². The Morgan fingerprint density at radius 2 is 2.33 bits per heavy atom. The van der Waals surface area contributed by atoms with E-state index in [4.69, 9.17) is 0 Å². The number of allylic oxidation sites excluding steroid dienone is 2. The van der Waals surface area contributed by atoms with Crippen molar-refractivity contribution in [2.45, 2.75) is 26.2 Å². The molecule has 1 N–H and O–H groups in total. The summed E-state index contributed by atoms with van der Waals surface area (Å²) < 4.78 is 0. The molecule has 0 saturated heterocycles. The quantitative estimate of drug-likeness (QED) is 0.761. The van der Waals surface area contributed by atoms with Gasteiger partial charge in [0.2, 0.25) is 0 Å². The van der Waals surface area contributed by atoms with Gasteiger partial charge in [0.25, 0.3) is 0 Å². The van der Waals surface area contributed by atoms with Crippen molar-refractivity contribution in [1.82, 2.24) is 4.98 Å². The SMILES string of the molecule is Cc1cncc(NCC2CC=CCC2)c1. The summed E-state index contributed by atoms with van der Waals surface area (Å²) in [6.45, 7) is 3.14. The normalized spacial score (nSPS) is 20.2. The molecule has 0 aliphatic heterocycles. The number of hydrogen-bond acceptors (Lipinski definition) is 2. The molecule has 1 atom stereocenters. The van der Waals surface area contributed by atoms with Crippen molar-refractivity contribution in [3.05, 3.63) is 36.2 Å². The molecule has 0 fully saturated rings. The second-order valence-electron chi connectivity index (χ2n) is 4.28. The van der Waals surface area contributed by atoms with Gasteiger partial charge in [0.05, 0.1) is 5.69 Å². The van der Waals surface area contributed by atoms with E-state index in [2.05, 4.69) is 35.4 Å². The first-order valence-electron chi connectivity index (χ1n) is 5.65. The third-order valence-corrected chi connectivity index (χ3v) is 2.85. The smallest absolute Gasteiger partial charge is 0.0529 e. The average molecular weight is 202 g/mol. The third kappa shape index (κ3) is 3.08. The zero-order valence-electron chi connectivity index (χ0n) is 9.24. The van der Waals surface area contributed by atoms with Gasteiger partial charge in [0, 0.05) is 18.9 Å². The Balaban J connectivity index is 1.84. The molecular weight excluding hydrogens is 184 g/mol. The zero-order chi connectivity index (χ0) is 10.5. The molecule has 80 valence electrons. The van der Waals surface area contributed by atoms with E-state index in [0.29, 0.717) is 0 Å². The molecule has 0 spiro atoms. The van der Waals surface area contributed by atoms with Crippen LogP contribution in [0.5, 0.6) is 0 Å². The van der Waals surface area contributed by atoms with Crippen LogP contribution in [-0.4, -0.2) is 11.5 Å². The maximum atomic E-state index is 4.17. The second kappa shape index (κ2) is 4.96. The van der Waals surface area contributed by atoms with E-state index < -0.39 is 0 Å². The third-order valence-electron chi connectivity index (χ3n) is 2.85. The Bertz CT molecular complexity index is 344. The summed E-state index contributed by atoms with van der Waals surface area (Å²) in [5.74, 6) is 0.788. The maximum Gasteiger partial charge on any atom is 0.0529 e. The average Bonchev–Trinajstić information content (AvgIpc) is 2.28. The van der Waals surface area contributed by atoms with Crippen LogP contribution >= 0.6 is 0 Å². The summed E-state index contributed by atoms with van der Waals surface area (Å²) in [6.07, 6.45) is 12.1. The van der Waals surface area contributed by atoms with Crippen LogP contribution < -0.4 is 5.32 Å². The van der Waals surface area contributed by atoms with Crippen molar-refractivity contribution < 1.29 is 0 Å². The number of aromatic nitrogens is 1. The molecule has 2 rings (SSSR count). The molecule has 2 nitrogen and oxygen atoms in total. The Morgan fingerprint density at radius 3 is 3.07 bits per heavy atom. The number of aryl methyl sites for hydroxylation is 1. The Morgan fingerprint density at radius 1 is 1.40 bits per heavy atom. The summed E-state index contributed by atoms with van der Waals surface area (Å²) in [5, 5.41) is 3.46. The Labute approximate surface area is 91.4 Å². The highest BCUT2D eigenvalue weighted by atomic mass is 14.9. The molecule has 0 radical (unpaired) electrons. The molecule has 0 aromatic carbocycles. The molecule has 0 amide bonds. The van der Waals surface area contributed by atoms with Crippen LogP contribution in [-0.2, 0) is 0 Å². The first-order valence-corrected chi connectivity index (χ1v) is 5.65. The fourth-order valence-electron chi connectivity index (χ4n) is 1.96. The van der Waals surface area contributed by atoms with Crippen LogP contribution in [0, 0.1) is 12.8 Å². The number of nitrogens with one attached hydrogen (secondary N) is 1. The van der Waals surface area contributed by atoms with Gasteiger partial charge >= 0.3 is 0 Å². The largest absolute Gasteiger partial charge is 0.384 e. The lowest BCUT2D eigenvalue weighted by atomic mass is 9.94. The molecule has 1 heterocycles. The van der Waals surface area contributed by atoms with Gasteiger partial charge in [0.15, 0.2) is 0 Å². The lowest BCUT2D eigenvalue weighted by Crippen LogP contribution is -2.15. The highest BCUT2D eigenvalue weighted by molar-refractivity contribution is 5.42. The van der Waals surface area contributed by atoms with Crippen LogP contribution in [0.15, 0.2) is 30.6 Å². The van der Waals surface area contributed by atoms with Crippen LogP contribution in [0.2, 0.25) is 0 Å². The van der Waals surface area contributed by atoms with E-state index in [1.54, 1.807) is 0 Å². The molecule has 15 heavy (non-hydrogen) atoms. The molecular formula is C13H18N2. The van der Waals surface area contributed by atoms with Gasteiger partial charge < -0.3 is 5.32 Å². The number of hydrogen-bond donors (Lipinski definition) is 1. The molecule has 1 aliphatic carbocycles. The van der Waals surface area contributed by atoms with Crippen LogP contribution in [0.1, 0.15) is 24.8 Å². The minimum atomic E-state index is 0.788. The highest BCUT2D eigenvalue weighted by Crippen LogP contribution is 2.18. The zero-order valence-corrected chi connectivity index (χ0v) is 9.24. The number of nitrogens with zero attached hydrogens (tertiary/aromatic N) is 1. The van der Waals surface area contributed by atoms with E-state index in [0.717, 1.165) is 18.2 Å². The molecule has 2 heteroatoms. The molecule has 1 aromatic rings. The molecule has 1 aliphatic rings. The first kappa shape index (κ1) is 10.2. The van der Waals surface area contributed by atoms with Crippen molar-refractivity contribution >= 4 is 5.69 Å². The van der Waals surface area contributed by atoms with Gasteiger partial charge in [-0.15, -0.1) is 0 Å². The fraction of sp³-hybridized carbons (Fsp3) is 0.462. The second-order valence-corrected chi connectivity index (χ2v) is 4.28. The van der Waals surface area contributed by atoms with Crippen LogP contribution in [0.25, 0.3) is 0 Å². The van der Waals surface area contributed by atoms with Crippen molar-refractivity contribution in [3.8, 4) is 0 Å². The van der Waals surface area contributed by atoms with Gasteiger partial charge in [-0.25, -0.2) is 0 Å². The van der Waals surface area contributed by atoms with Crippen molar-refractivity contribution in [1.29, 1.82) is 0 Å². The number of pyridine rings is 1. The van der Waals surface area contributed by atoms with Crippen molar-refractivity contribution in [3.63, 3.8) is 0 Å². The van der Waals surface area contributed by atoms with Crippen LogP contribution in [0.3, 0.4) is 0 Å². The summed E-state index contributed by atoms with van der Waals surface area (Å²) in [6, 6.07) is 2.14. The molecule has 0 saturated carbocycles. The first-order chi connectivity index (χ1) is 7.34. The monoisotopic (exact) mass is 202 g/mol. The van der Waals surface area contributed by atoms with E-state index in [-0.39, 0.29) is 0 Å². The van der Waals surface area contributed by atoms with Crippen LogP contribution in [0.4, 0.5) is 5.69 Å². The predicted molar refractivity (Wildman–Crippen MR) is 63.9 cm³/mol. The van der Waals surface area contributed by atoms with Gasteiger partial charge in [-0.05, 0) is 43.7 Å². The van der Waals surface area contributed by atoms with Gasteiger partial charge in [0.1, 0.15) is 0 Å². The minimum Gasteiger partial charge on any atom is -0.384 e. The number of rotatable bonds is 3.